The molecule has 2 unspecified atom stereocenters. The predicted octanol–water partition coefficient (Wildman–Crippen LogP) is 1.10. The molecule has 3 nitrogen and oxygen atoms in total. The van der Waals surface area contributed by atoms with Crippen LogP contribution in [-0.2, 0) is 5.60 Å². The molecule has 2 atom stereocenters. The van der Waals surface area contributed by atoms with Crippen molar-refractivity contribution in [2.24, 2.45) is 0 Å². The van der Waals surface area contributed by atoms with Gasteiger partial charge in [0.05, 0.1) is 11.2 Å². The van der Waals surface area contributed by atoms with Crippen LogP contribution in [0.2, 0.25) is 0 Å². The number of thiazole rings is 1. The zero-order valence-corrected chi connectivity index (χ0v) is 8.47. The fraction of sp³-hybridized carbons (Fsp3) is 0.667. The highest BCUT2D eigenvalue weighted by Crippen LogP contribution is 2.31. The summed E-state index contributed by atoms with van der Waals surface area (Å²) in [6, 6.07) is 0.375. The molecule has 0 aromatic carbocycles. The highest BCUT2D eigenvalue weighted by molar-refractivity contribution is 7.07. The van der Waals surface area contributed by atoms with Crippen LogP contribution in [0.1, 0.15) is 25.5 Å². The minimum Gasteiger partial charge on any atom is -0.383 e. The number of nitrogens with one attached hydrogen (secondary N) is 1. The maximum absolute atomic E-state index is 10.3. The Hall–Kier alpha value is -0.450. The van der Waals surface area contributed by atoms with Crippen LogP contribution in [0, 0.1) is 0 Å². The average molecular weight is 198 g/mol. The number of nitrogens with zero attached hydrogens (tertiary/aromatic N) is 1. The van der Waals surface area contributed by atoms with Crippen molar-refractivity contribution >= 4 is 11.3 Å². The highest BCUT2D eigenvalue weighted by Gasteiger charge is 2.35. The van der Waals surface area contributed by atoms with Crippen molar-refractivity contribution in [3.63, 3.8) is 0 Å². The van der Waals surface area contributed by atoms with Crippen LogP contribution in [0.3, 0.4) is 0 Å². The lowest BCUT2D eigenvalue weighted by Gasteiger charge is -2.34. The minimum absolute atomic E-state index is 0.375. The average Bonchev–Trinajstić information content (AvgIpc) is 2.55. The number of hydrogen-bond donors (Lipinski definition) is 2. The van der Waals surface area contributed by atoms with Gasteiger partial charge in [0.25, 0.3) is 0 Å². The Morgan fingerprint density at radius 3 is 3.23 bits per heavy atom. The third-order valence-electron chi connectivity index (χ3n) is 2.58. The Kier molecular flexibility index (Phi) is 2.36. The van der Waals surface area contributed by atoms with E-state index in [1.54, 1.807) is 16.8 Å². The van der Waals surface area contributed by atoms with E-state index in [-0.39, 0.29) is 0 Å². The van der Waals surface area contributed by atoms with Crippen LogP contribution in [0.15, 0.2) is 10.9 Å². The Morgan fingerprint density at radius 1 is 1.77 bits per heavy atom. The van der Waals surface area contributed by atoms with E-state index >= 15 is 0 Å². The van der Waals surface area contributed by atoms with Crippen LogP contribution >= 0.6 is 11.3 Å². The summed E-state index contributed by atoms with van der Waals surface area (Å²) in [4.78, 5) is 4.19. The summed E-state index contributed by atoms with van der Waals surface area (Å²) in [6.45, 7) is 2.96. The summed E-state index contributed by atoms with van der Waals surface area (Å²) in [7, 11) is 0. The first-order valence-electron chi connectivity index (χ1n) is 4.55. The predicted molar refractivity (Wildman–Crippen MR) is 52.7 cm³/mol. The van der Waals surface area contributed by atoms with Crippen molar-refractivity contribution in [3.05, 3.63) is 16.6 Å². The molecular weight excluding hydrogens is 184 g/mol. The molecule has 0 amide bonds. The van der Waals surface area contributed by atoms with Gasteiger partial charge in [0.2, 0.25) is 0 Å². The molecule has 0 aliphatic carbocycles. The van der Waals surface area contributed by atoms with Gasteiger partial charge in [-0.05, 0) is 26.3 Å². The molecule has 1 saturated heterocycles. The second kappa shape index (κ2) is 3.36. The first kappa shape index (κ1) is 9.12. The molecule has 2 heterocycles. The number of rotatable bonds is 1. The maximum Gasteiger partial charge on any atom is 0.110 e. The summed E-state index contributed by atoms with van der Waals surface area (Å²) < 4.78 is 0. The zero-order chi connectivity index (χ0) is 9.31. The zero-order valence-electron chi connectivity index (χ0n) is 7.66. The highest BCUT2D eigenvalue weighted by atomic mass is 32.1. The third-order valence-corrected chi connectivity index (χ3v) is 3.17. The molecule has 0 spiro atoms. The molecular formula is C9H14N2OS. The lowest BCUT2D eigenvalue weighted by molar-refractivity contribution is -0.00982. The maximum atomic E-state index is 10.3. The number of aromatic nitrogens is 1. The van der Waals surface area contributed by atoms with Gasteiger partial charge in [-0.1, -0.05) is 0 Å². The van der Waals surface area contributed by atoms with Gasteiger partial charge < -0.3 is 10.4 Å². The Balaban J connectivity index is 2.20. The van der Waals surface area contributed by atoms with E-state index < -0.39 is 5.60 Å². The van der Waals surface area contributed by atoms with Crippen molar-refractivity contribution in [1.29, 1.82) is 0 Å². The molecule has 0 bridgehead atoms. The fourth-order valence-electron chi connectivity index (χ4n) is 1.88. The van der Waals surface area contributed by atoms with Crippen LogP contribution in [-0.4, -0.2) is 22.7 Å². The molecule has 1 aliphatic heterocycles. The molecule has 1 aliphatic rings. The normalized spacial score (nSPS) is 34.8. The Morgan fingerprint density at radius 2 is 2.62 bits per heavy atom. The monoisotopic (exact) mass is 198 g/mol. The second-order valence-corrected chi connectivity index (χ2v) is 4.43. The summed E-state index contributed by atoms with van der Waals surface area (Å²) >= 11 is 1.54. The molecule has 0 radical (unpaired) electrons. The fourth-order valence-corrected chi connectivity index (χ4v) is 2.53. The Bertz CT molecular complexity index is 275. The summed E-state index contributed by atoms with van der Waals surface area (Å²) in [5.74, 6) is 0. The first-order valence-corrected chi connectivity index (χ1v) is 5.49. The largest absolute Gasteiger partial charge is 0.383 e. The molecule has 72 valence electrons. The van der Waals surface area contributed by atoms with Gasteiger partial charge in [-0.3, -0.25) is 0 Å². The van der Waals surface area contributed by atoms with Crippen LogP contribution in [0.25, 0.3) is 0 Å². The molecule has 0 saturated carbocycles. The molecule has 4 heteroatoms. The van der Waals surface area contributed by atoms with Gasteiger partial charge in [-0.2, -0.15) is 0 Å². The van der Waals surface area contributed by atoms with Crippen molar-refractivity contribution in [3.8, 4) is 0 Å². The van der Waals surface area contributed by atoms with Gasteiger partial charge in [0, 0.05) is 11.4 Å². The summed E-state index contributed by atoms with van der Waals surface area (Å²) in [5, 5.41) is 15.6. The third kappa shape index (κ3) is 1.75. The van der Waals surface area contributed by atoms with E-state index in [4.69, 9.17) is 0 Å². The minimum atomic E-state index is -0.690. The number of aliphatic hydroxyl groups is 1. The van der Waals surface area contributed by atoms with Gasteiger partial charge in [0.15, 0.2) is 0 Å². The van der Waals surface area contributed by atoms with E-state index in [2.05, 4.69) is 17.2 Å². The van der Waals surface area contributed by atoms with Crippen molar-refractivity contribution in [1.82, 2.24) is 10.3 Å². The van der Waals surface area contributed by atoms with E-state index in [9.17, 15) is 5.11 Å². The second-order valence-electron chi connectivity index (χ2n) is 3.71. The molecule has 1 aromatic heterocycles. The molecule has 13 heavy (non-hydrogen) atoms. The van der Waals surface area contributed by atoms with Crippen molar-refractivity contribution in [2.45, 2.75) is 31.4 Å². The molecule has 1 aromatic rings. The number of piperidine rings is 1. The van der Waals surface area contributed by atoms with Crippen LogP contribution in [0.5, 0.6) is 0 Å². The molecule has 2 N–H and O–H groups in total. The first-order chi connectivity index (χ1) is 6.21. The summed E-state index contributed by atoms with van der Waals surface area (Å²) in [5.41, 5.74) is 1.93. The summed E-state index contributed by atoms with van der Waals surface area (Å²) in [6.07, 6.45) is 1.53. The molecule has 1 fully saturated rings. The SMILES string of the molecule is CC1CC(O)(c2cscn2)CCN1. The van der Waals surface area contributed by atoms with Crippen molar-refractivity contribution in [2.75, 3.05) is 6.54 Å². The van der Waals surface area contributed by atoms with Gasteiger partial charge >= 0.3 is 0 Å². The van der Waals surface area contributed by atoms with E-state index in [1.807, 2.05) is 5.38 Å². The van der Waals surface area contributed by atoms with Crippen molar-refractivity contribution < 1.29 is 5.11 Å². The smallest absolute Gasteiger partial charge is 0.110 e. The van der Waals surface area contributed by atoms with E-state index in [1.165, 1.54) is 0 Å². The topological polar surface area (TPSA) is 45.2 Å². The number of hydrogen-bond acceptors (Lipinski definition) is 4. The lowest BCUT2D eigenvalue weighted by atomic mass is 9.86. The lowest BCUT2D eigenvalue weighted by Crippen LogP contribution is -2.45. The van der Waals surface area contributed by atoms with Gasteiger partial charge in [-0.15, -0.1) is 11.3 Å². The van der Waals surface area contributed by atoms with Crippen LogP contribution < -0.4 is 5.32 Å². The van der Waals surface area contributed by atoms with E-state index in [0.717, 1.165) is 25.1 Å². The Labute approximate surface area is 81.8 Å². The van der Waals surface area contributed by atoms with Gasteiger partial charge in [0.1, 0.15) is 5.60 Å². The van der Waals surface area contributed by atoms with E-state index in [0.29, 0.717) is 6.04 Å². The van der Waals surface area contributed by atoms with Gasteiger partial charge in [-0.25, -0.2) is 4.98 Å². The quantitative estimate of drug-likeness (QED) is 0.710. The van der Waals surface area contributed by atoms with Crippen LogP contribution in [0.4, 0.5) is 0 Å². The molecule has 2 rings (SSSR count). The standard InChI is InChI=1S/C9H14N2OS/c1-7-4-9(12,2-3-10-7)8-5-13-6-11-8/h5-7,10,12H,2-4H2,1H3.